The lowest BCUT2D eigenvalue weighted by atomic mass is 10.1. The van der Waals surface area contributed by atoms with Crippen molar-refractivity contribution >= 4 is 12.6 Å². The van der Waals surface area contributed by atoms with Crippen LogP contribution in [0, 0.1) is 0 Å². The number of hydrogen-bond acceptors (Lipinski definition) is 3. The number of aliphatic imine (C=N–C) groups is 1. The fourth-order valence-electron chi connectivity index (χ4n) is 1.21. The van der Waals surface area contributed by atoms with Gasteiger partial charge in [-0.1, -0.05) is 13.3 Å². The van der Waals surface area contributed by atoms with E-state index in [1.165, 1.54) is 17.2 Å². The molecular weight excluding hydrogens is 216 g/mol. The minimum absolute atomic E-state index is 0.112. The summed E-state index contributed by atoms with van der Waals surface area (Å²) in [5.41, 5.74) is 0.624. The Bertz CT molecular complexity index is 350. The number of aliphatic hydroxyl groups is 1. The molecule has 0 bridgehead atoms. The van der Waals surface area contributed by atoms with E-state index in [1.54, 1.807) is 26.2 Å². The van der Waals surface area contributed by atoms with Gasteiger partial charge in [0, 0.05) is 25.0 Å². The molecule has 0 aliphatic heterocycles. The summed E-state index contributed by atoms with van der Waals surface area (Å²) in [6.45, 7) is 6.92. The molecule has 0 aliphatic rings. The van der Waals surface area contributed by atoms with Crippen LogP contribution >= 0.6 is 0 Å². The van der Waals surface area contributed by atoms with Crippen molar-refractivity contribution in [1.82, 2.24) is 4.90 Å². The molecular formula is C13H20N2O2. The van der Waals surface area contributed by atoms with E-state index < -0.39 is 0 Å². The second-order valence-electron chi connectivity index (χ2n) is 3.65. The summed E-state index contributed by atoms with van der Waals surface area (Å²) in [6.07, 6.45) is 7.75. The van der Waals surface area contributed by atoms with Crippen LogP contribution in [0.25, 0.3) is 0 Å². The summed E-state index contributed by atoms with van der Waals surface area (Å²) in [4.78, 5) is 17.0. The van der Waals surface area contributed by atoms with Crippen molar-refractivity contribution in [3.05, 3.63) is 35.9 Å². The molecule has 0 aromatic rings. The molecule has 0 saturated heterocycles. The van der Waals surface area contributed by atoms with Gasteiger partial charge >= 0.3 is 0 Å². The topological polar surface area (TPSA) is 52.9 Å². The molecule has 4 heteroatoms. The Morgan fingerprint density at radius 1 is 1.53 bits per heavy atom. The lowest BCUT2D eigenvalue weighted by molar-refractivity contribution is -0.123. The predicted molar refractivity (Wildman–Crippen MR) is 70.8 cm³/mol. The molecule has 94 valence electrons. The van der Waals surface area contributed by atoms with Crippen LogP contribution in [0.15, 0.2) is 40.9 Å². The number of aliphatic hydroxyl groups excluding tert-OH is 1. The molecule has 1 N–H and O–H groups in total. The number of allylic oxidation sites excluding steroid dienone is 3. The summed E-state index contributed by atoms with van der Waals surface area (Å²) in [7, 11) is 1.66. The largest absolute Gasteiger partial charge is 0.513 e. The first-order valence-corrected chi connectivity index (χ1v) is 5.49. The van der Waals surface area contributed by atoms with E-state index in [0.717, 1.165) is 6.42 Å². The summed E-state index contributed by atoms with van der Waals surface area (Å²) in [5, 5.41) is 8.95. The Morgan fingerprint density at radius 2 is 2.18 bits per heavy atom. The third-order valence-corrected chi connectivity index (χ3v) is 2.01. The highest BCUT2D eigenvalue weighted by atomic mass is 16.3. The first kappa shape index (κ1) is 15.2. The maximum Gasteiger partial charge on any atom is 0.255 e. The normalized spacial score (nSPS) is 12.9. The standard InChI is InChI=1S/C13H20N2O2/c1-5-7-12(10-14-3)13(17)15(4)9-6-8-11(2)16/h6,8-10,16H,3,5,7H2,1-2,4H3/b9-6-,11-8+,12-10-. The second kappa shape index (κ2) is 8.33. The number of nitrogens with zero attached hydrogens (tertiary/aromatic N) is 2. The minimum Gasteiger partial charge on any atom is -0.513 e. The Hall–Kier alpha value is -1.84. The molecule has 4 nitrogen and oxygen atoms in total. The molecule has 1 amide bonds. The highest BCUT2D eigenvalue weighted by Gasteiger charge is 2.11. The van der Waals surface area contributed by atoms with Crippen LogP contribution < -0.4 is 0 Å². The van der Waals surface area contributed by atoms with Gasteiger partial charge in [0.2, 0.25) is 0 Å². The Labute approximate surface area is 103 Å². The average Bonchev–Trinajstić information content (AvgIpc) is 2.27. The van der Waals surface area contributed by atoms with E-state index in [1.807, 2.05) is 6.92 Å². The van der Waals surface area contributed by atoms with Gasteiger partial charge in [-0.05, 0) is 32.2 Å². The maximum absolute atomic E-state index is 11.9. The van der Waals surface area contributed by atoms with E-state index in [9.17, 15) is 4.79 Å². The van der Waals surface area contributed by atoms with Gasteiger partial charge < -0.3 is 10.0 Å². The molecule has 0 spiro atoms. The van der Waals surface area contributed by atoms with E-state index in [0.29, 0.717) is 12.0 Å². The number of amides is 1. The molecule has 17 heavy (non-hydrogen) atoms. The zero-order chi connectivity index (χ0) is 13.3. The van der Waals surface area contributed by atoms with E-state index in [-0.39, 0.29) is 11.7 Å². The maximum atomic E-state index is 11.9. The van der Waals surface area contributed by atoms with Crippen LogP contribution in [0.4, 0.5) is 0 Å². The van der Waals surface area contributed by atoms with Gasteiger partial charge in [-0.2, -0.15) is 0 Å². The fraction of sp³-hybridized carbons (Fsp3) is 0.385. The summed E-state index contributed by atoms with van der Waals surface area (Å²) in [6, 6.07) is 0. The minimum atomic E-state index is -0.112. The fourth-order valence-corrected chi connectivity index (χ4v) is 1.21. The molecule has 0 radical (unpaired) electrons. The van der Waals surface area contributed by atoms with Crippen LogP contribution in [-0.4, -0.2) is 29.7 Å². The van der Waals surface area contributed by atoms with Gasteiger partial charge in [-0.25, -0.2) is 0 Å². The average molecular weight is 236 g/mol. The lowest BCUT2D eigenvalue weighted by Gasteiger charge is -2.13. The van der Waals surface area contributed by atoms with Crippen molar-refractivity contribution in [2.75, 3.05) is 7.05 Å². The zero-order valence-electron chi connectivity index (χ0n) is 10.7. The second-order valence-corrected chi connectivity index (χ2v) is 3.65. The van der Waals surface area contributed by atoms with Crippen molar-refractivity contribution in [3.63, 3.8) is 0 Å². The van der Waals surface area contributed by atoms with Crippen molar-refractivity contribution in [2.24, 2.45) is 4.99 Å². The van der Waals surface area contributed by atoms with E-state index >= 15 is 0 Å². The van der Waals surface area contributed by atoms with Gasteiger partial charge in [-0.15, -0.1) is 0 Å². The van der Waals surface area contributed by atoms with Crippen molar-refractivity contribution in [3.8, 4) is 0 Å². The van der Waals surface area contributed by atoms with Crippen LogP contribution in [-0.2, 0) is 4.79 Å². The lowest BCUT2D eigenvalue weighted by Crippen LogP contribution is -2.22. The van der Waals surface area contributed by atoms with Crippen LogP contribution in [0.2, 0.25) is 0 Å². The SMILES string of the molecule is C=N/C=C(/CCC)C(=O)N(C)/C=C\C=C(/C)O. The number of likely N-dealkylation sites (N-methyl/N-ethyl adjacent to an activating group) is 1. The summed E-state index contributed by atoms with van der Waals surface area (Å²) >= 11 is 0. The Kier molecular flexibility index (Phi) is 7.43. The van der Waals surface area contributed by atoms with Gasteiger partial charge in [0.15, 0.2) is 0 Å². The van der Waals surface area contributed by atoms with Gasteiger partial charge in [-0.3, -0.25) is 9.79 Å². The summed E-state index contributed by atoms with van der Waals surface area (Å²) in [5.74, 6) is 0.0821. The third kappa shape index (κ3) is 6.35. The number of hydrogen-bond donors (Lipinski definition) is 1. The predicted octanol–water partition coefficient (Wildman–Crippen LogP) is 2.80. The number of carbonyl (C=O) groups is 1. The molecule has 0 fully saturated rings. The molecule has 0 atom stereocenters. The molecule has 0 aliphatic carbocycles. The van der Waals surface area contributed by atoms with E-state index in [4.69, 9.17) is 5.11 Å². The number of carbonyl (C=O) groups excluding carboxylic acids is 1. The molecule has 0 rings (SSSR count). The first-order valence-electron chi connectivity index (χ1n) is 5.49. The van der Waals surface area contributed by atoms with Gasteiger partial charge in [0.05, 0.1) is 5.76 Å². The van der Waals surface area contributed by atoms with Crippen LogP contribution in [0.3, 0.4) is 0 Å². The smallest absolute Gasteiger partial charge is 0.255 e. The molecule has 0 aromatic heterocycles. The Balaban J connectivity index is 4.67. The van der Waals surface area contributed by atoms with Gasteiger partial charge in [0.1, 0.15) is 0 Å². The first-order chi connectivity index (χ1) is 8.02. The third-order valence-electron chi connectivity index (χ3n) is 2.01. The van der Waals surface area contributed by atoms with E-state index in [2.05, 4.69) is 11.7 Å². The zero-order valence-corrected chi connectivity index (χ0v) is 10.7. The van der Waals surface area contributed by atoms with Crippen molar-refractivity contribution < 1.29 is 9.90 Å². The van der Waals surface area contributed by atoms with Crippen LogP contribution in [0.5, 0.6) is 0 Å². The highest BCUT2D eigenvalue weighted by molar-refractivity contribution is 5.93. The molecule has 0 heterocycles. The highest BCUT2D eigenvalue weighted by Crippen LogP contribution is 2.09. The van der Waals surface area contributed by atoms with Crippen LogP contribution in [0.1, 0.15) is 26.7 Å². The van der Waals surface area contributed by atoms with Gasteiger partial charge in [0.25, 0.3) is 5.91 Å². The number of rotatable bonds is 6. The molecule has 0 unspecified atom stereocenters. The molecule has 0 saturated carbocycles. The summed E-state index contributed by atoms with van der Waals surface area (Å²) < 4.78 is 0. The van der Waals surface area contributed by atoms with Crippen molar-refractivity contribution in [2.45, 2.75) is 26.7 Å². The quantitative estimate of drug-likeness (QED) is 0.334. The molecule has 0 aromatic carbocycles. The monoisotopic (exact) mass is 236 g/mol. The Morgan fingerprint density at radius 3 is 2.65 bits per heavy atom. The van der Waals surface area contributed by atoms with Crippen molar-refractivity contribution in [1.29, 1.82) is 0 Å².